The number of ether oxygens (including phenoxy) is 1. The summed E-state index contributed by atoms with van der Waals surface area (Å²) in [5.41, 5.74) is -0.518. The summed E-state index contributed by atoms with van der Waals surface area (Å²) in [6.45, 7) is 14.4. The van der Waals surface area contributed by atoms with Crippen molar-refractivity contribution in [1.82, 2.24) is 19.6 Å². The molecule has 0 aliphatic carbocycles. The Labute approximate surface area is 174 Å². The van der Waals surface area contributed by atoms with Gasteiger partial charge in [-0.1, -0.05) is 6.92 Å². The van der Waals surface area contributed by atoms with Gasteiger partial charge in [-0.3, -0.25) is 24.3 Å². The van der Waals surface area contributed by atoms with Gasteiger partial charge in [0.05, 0.1) is 19.6 Å². The molecule has 1 saturated heterocycles. The van der Waals surface area contributed by atoms with E-state index in [4.69, 9.17) is 4.74 Å². The molecule has 0 aromatic rings. The fourth-order valence-corrected chi connectivity index (χ4v) is 3.25. The average molecular weight is 415 g/mol. The number of carboxylic acid groups (broad SMARTS) is 1. The van der Waals surface area contributed by atoms with E-state index < -0.39 is 11.6 Å². The SMILES string of the molecule is CCN1CCN(CC(=O)O)CCN(CC=O)CCN(CC(=O)OC(C)(C)C)CC1. The van der Waals surface area contributed by atoms with Gasteiger partial charge in [0, 0.05) is 52.4 Å². The second kappa shape index (κ2) is 12.9. The Morgan fingerprint density at radius 1 is 0.862 bits per heavy atom. The van der Waals surface area contributed by atoms with E-state index in [-0.39, 0.29) is 19.1 Å². The minimum absolute atomic E-state index is 0.00273. The smallest absolute Gasteiger partial charge is 0.320 e. The van der Waals surface area contributed by atoms with Crippen molar-refractivity contribution in [2.24, 2.45) is 0 Å². The second-order valence-electron chi connectivity index (χ2n) is 8.43. The Balaban J connectivity index is 2.81. The normalized spacial score (nSPS) is 19.9. The van der Waals surface area contributed by atoms with Crippen molar-refractivity contribution >= 4 is 18.2 Å². The lowest BCUT2D eigenvalue weighted by atomic mass is 10.2. The number of likely N-dealkylation sites (N-methyl/N-ethyl adjacent to an activating group) is 1. The molecule has 9 heteroatoms. The maximum atomic E-state index is 12.3. The molecule has 168 valence electrons. The standard InChI is InChI=1S/C20H38N4O5/c1-5-21-6-10-23(16-18(26)27)12-8-22(14-15-25)9-13-24(11-7-21)17-19(28)29-20(2,3)4/h15H,5-14,16-17H2,1-4H3,(H,26,27). The van der Waals surface area contributed by atoms with Crippen LogP contribution in [0.2, 0.25) is 0 Å². The van der Waals surface area contributed by atoms with Crippen LogP contribution in [0.5, 0.6) is 0 Å². The lowest BCUT2D eigenvalue weighted by Gasteiger charge is -2.33. The Morgan fingerprint density at radius 2 is 1.31 bits per heavy atom. The molecule has 0 saturated carbocycles. The maximum absolute atomic E-state index is 12.3. The number of rotatable bonds is 7. The van der Waals surface area contributed by atoms with Crippen LogP contribution in [0.1, 0.15) is 27.7 Å². The Kier molecular flexibility index (Phi) is 11.3. The zero-order valence-electron chi connectivity index (χ0n) is 18.4. The molecule has 1 N–H and O–H groups in total. The van der Waals surface area contributed by atoms with Gasteiger partial charge in [0.15, 0.2) is 0 Å². The molecule has 29 heavy (non-hydrogen) atoms. The van der Waals surface area contributed by atoms with Crippen molar-refractivity contribution in [2.75, 3.05) is 78.5 Å². The molecule has 9 nitrogen and oxygen atoms in total. The highest BCUT2D eigenvalue weighted by molar-refractivity contribution is 5.72. The first-order valence-corrected chi connectivity index (χ1v) is 10.4. The van der Waals surface area contributed by atoms with Crippen LogP contribution in [0.4, 0.5) is 0 Å². The third-order valence-corrected chi connectivity index (χ3v) is 4.84. The van der Waals surface area contributed by atoms with E-state index in [1.165, 1.54) is 0 Å². The van der Waals surface area contributed by atoms with Crippen LogP contribution in [0.15, 0.2) is 0 Å². The fraction of sp³-hybridized carbons (Fsp3) is 0.850. The van der Waals surface area contributed by atoms with Crippen LogP contribution in [0, 0.1) is 0 Å². The predicted octanol–water partition coefficient (Wildman–Crippen LogP) is -0.147. The van der Waals surface area contributed by atoms with E-state index in [0.29, 0.717) is 45.8 Å². The lowest BCUT2D eigenvalue weighted by Crippen LogP contribution is -2.48. The van der Waals surface area contributed by atoms with Gasteiger partial charge in [-0.05, 0) is 27.3 Å². The van der Waals surface area contributed by atoms with Gasteiger partial charge in [0.1, 0.15) is 11.9 Å². The first kappa shape index (κ1) is 25.5. The van der Waals surface area contributed by atoms with E-state index in [1.54, 1.807) is 0 Å². The first-order chi connectivity index (χ1) is 13.6. The summed E-state index contributed by atoms with van der Waals surface area (Å²) in [5.74, 6) is -1.09. The maximum Gasteiger partial charge on any atom is 0.320 e. The van der Waals surface area contributed by atoms with E-state index in [1.807, 2.05) is 30.6 Å². The number of esters is 1. The Bertz CT molecular complexity index is 523. The van der Waals surface area contributed by atoms with Gasteiger partial charge >= 0.3 is 11.9 Å². The minimum Gasteiger partial charge on any atom is -0.480 e. The first-order valence-electron chi connectivity index (χ1n) is 10.4. The van der Waals surface area contributed by atoms with Crippen molar-refractivity contribution in [3.05, 3.63) is 0 Å². The quantitative estimate of drug-likeness (QED) is 0.451. The van der Waals surface area contributed by atoms with Crippen molar-refractivity contribution in [1.29, 1.82) is 0 Å². The van der Waals surface area contributed by atoms with Crippen molar-refractivity contribution in [2.45, 2.75) is 33.3 Å². The van der Waals surface area contributed by atoms with Crippen molar-refractivity contribution < 1.29 is 24.2 Å². The molecule has 1 rings (SSSR count). The third-order valence-electron chi connectivity index (χ3n) is 4.84. The Morgan fingerprint density at radius 3 is 1.72 bits per heavy atom. The average Bonchev–Trinajstić information content (AvgIpc) is 2.59. The number of carboxylic acids is 1. The van der Waals surface area contributed by atoms with Crippen LogP contribution in [0.3, 0.4) is 0 Å². The summed E-state index contributed by atoms with van der Waals surface area (Å²) < 4.78 is 5.47. The molecule has 0 bridgehead atoms. The molecular weight excluding hydrogens is 376 g/mol. The number of carbonyl (C=O) groups is 3. The summed E-state index contributed by atoms with van der Waals surface area (Å²) in [5, 5.41) is 9.17. The van der Waals surface area contributed by atoms with Gasteiger partial charge in [-0.25, -0.2) is 0 Å². The van der Waals surface area contributed by atoms with Gasteiger partial charge in [-0.2, -0.15) is 0 Å². The number of carbonyl (C=O) groups excluding carboxylic acids is 2. The molecule has 0 spiro atoms. The molecule has 1 heterocycles. The molecule has 0 amide bonds. The third kappa shape index (κ3) is 11.9. The Hall–Kier alpha value is -1.55. The number of hydrogen-bond acceptors (Lipinski definition) is 8. The van der Waals surface area contributed by atoms with Crippen LogP contribution in [-0.2, 0) is 19.1 Å². The topological polar surface area (TPSA) is 93.6 Å². The highest BCUT2D eigenvalue weighted by Crippen LogP contribution is 2.08. The van der Waals surface area contributed by atoms with Gasteiger partial charge < -0.3 is 19.5 Å². The van der Waals surface area contributed by atoms with Crippen molar-refractivity contribution in [3.8, 4) is 0 Å². The molecular formula is C20H38N4O5. The number of nitrogens with zero attached hydrogens (tertiary/aromatic N) is 4. The molecule has 0 aromatic heterocycles. The molecule has 0 aromatic carbocycles. The highest BCUT2D eigenvalue weighted by Gasteiger charge is 2.21. The zero-order valence-corrected chi connectivity index (χ0v) is 18.4. The second-order valence-corrected chi connectivity index (χ2v) is 8.43. The molecule has 0 atom stereocenters. The fourth-order valence-electron chi connectivity index (χ4n) is 3.25. The lowest BCUT2D eigenvalue weighted by molar-refractivity contribution is -0.156. The summed E-state index contributed by atoms with van der Waals surface area (Å²) in [4.78, 5) is 42.8. The van der Waals surface area contributed by atoms with Gasteiger partial charge in [0.2, 0.25) is 0 Å². The molecule has 1 aliphatic heterocycles. The molecule has 1 fully saturated rings. The van der Waals surface area contributed by atoms with E-state index in [9.17, 15) is 19.5 Å². The van der Waals surface area contributed by atoms with E-state index in [0.717, 1.165) is 25.9 Å². The number of hydrogen-bond donors (Lipinski definition) is 1. The molecule has 0 radical (unpaired) electrons. The number of aldehydes is 1. The minimum atomic E-state index is -0.842. The highest BCUT2D eigenvalue weighted by atomic mass is 16.6. The largest absolute Gasteiger partial charge is 0.480 e. The van der Waals surface area contributed by atoms with Crippen LogP contribution >= 0.6 is 0 Å². The summed E-state index contributed by atoms with van der Waals surface area (Å²) in [6, 6.07) is 0. The zero-order chi connectivity index (χ0) is 21.9. The van der Waals surface area contributed by atoms with Gasteiger partial charge in [-0.15, -0.1) is 0 Å². The molecule has 1 aliphatic rings. The van der Waals surface area contributed by atoms with Crippen LogP contribution in [-0.4, -0.2) is 127 Å². The number of aliphatic carboxylic acids is 1. The summed E-state index contributed by atoms with van der Waals surface area (Å²) in [7, 11) is 0. The van der Waals surface area contributed by atoms with Crippen LogP contribution in [0.25, 0.3) is 0 Å². The predicted molar refractivity (Wildman–Crippen MR) is 111 cm³/mol. The van der Waals surface area contributed by atoms with Gasteiger partial charge in [0.25, 0.3) is 0 Å². The van der Waals surface area contributed by atoms with Crippen LogP contribution < -0.4 is 0 Å². The summed E-state index contributed by atoms with van der Waals surface area (Å²) in [6.07, 6.45) is 0.865. The van der Waals surface area contributed by atoms with Crippen molar-refractivity contribution in [3.63, 3.8) is 0 Å². The van der Waals surface area contributed by atoms with E-state index in [2.05, 4.69) is 16.7 Å². The summed E-state index contributed by atoms with van der Waals surface area (Å²) >= 11 is 0. The molecule has 0 unspecified atom stereocenters. The monoisotopic (exact) mass is 414 g/mol. The van der Waals surface area contributed by atoms with E-state index >= 15 is 0 Å².